The van der Waals surface area contributed by atoms with Gasteiger partial charge in [-0.1, -0.05) is 66.2 Å². The standard InChI is InChI=1S/C30H23ClFN3O2/c31-26-12-5-4-11-25(26)29(36)34-24-13-14-27-22(16-24)17-28(30(37)33-18-20-7-2-1-3-8-20)35(27)19-21-9-6-10-23(32)15-21/h1-17H,18-19H2,(H,33,37)(H,34,36). The van der Waals surface area contributed by atoms with Gasteiger partial charge in [-0.25, -0.2) is 4.39 Å². The molecular formula is C30H23ClFN3O2. The van der Waals surface area contributed by atoms with E-state index in [1.54, 1.807) is 48.5 Å². The summed E-state index contributed by atoms with van der Waals surface area (Å²) < 4.78 is 15.7. The van der Waals surface area contributed by atoms with Gasteiger partial charge in [-0.15, -0.1) is 0 Å². The van der Waals surface area contributed by atoms with Gasteiger partial charge in [0, 0.05) is 29.7 Å². The van der Waals surface area contributed by atoms with E-state index in [-0.39, 0.29) is 17.6 Å². The third-order valence-electron chi connectivity index (χ3n) is 6.04. The van der Waals surface area contributed by atoms with Crippen molar-refractivity contribution >= 4 is 40.0 Å². The highest BCUT2D eigenvalue weighted by Crippen LogP contribution is 2.26. The normalized spacial score (nSPS) is 10.9. The van der Waals surface area contributed by atoms with E-state index in [9.17, 15) is 14.0 Å². The lowest BCUT2D eigenvalue weighted by molar-refractivity contribution is 0.0941. The minimum atomic E-state index is -0.339. The third-order valence-corrected chi connectivity index (χ3v) is 6.37. The van der Waals surface area contributed by atoms with E-state index in [4.69, 9.17) is 11.6 Å². The summed E-state index contributed by atoms with van der Waals surface area (Å²) in [5.74, 6) is -0.920. The van der Waals surface area contributed by atoms with Crippen LogP contribution in [-0.4, -0.2) is 16.4 Å². The topological polar surface area (TPSA) is 63.1 Å². The van der Waals surface area contributed by atoms with Gasteiger partial charge in [-0.2, -0.15) is 0 Å². The molecule has 0 saturated heterocycles. The molecule has 0 atom stereocenters. The fourth-order valence-electron chi connectivity index (χ4n) is 4.24. The summed E-state index contributed by atoms with van der Waals surface area (Å²) in [6, 6.07) is 30.0. The van der Waals surface area contributed by atoms with Gasteiger partial charge in [0.2, 0.25) is 0 Å². The molecule has 0 bridgehead atoms. The van der Waals surface area contributed by atoms with E-state index < -0.39 is 0 Å². The molecule has 0 fully saturated rings. The highest BCUT2D eigenvalue weighted by atomic mass is 35.5. The highest BCUT2D eigenvalue weighted by molar-refractivity contribution is 6.34. The second-order valence-corrected chi connectivity index (χ2v) is 9.03. The number of rotatable bonds is 7. The molecule has 1 heterocycles. The fraction of sp³-hybridized carbons (Fsp3) is 0.0667. The zero-order chi connectivity index (χ0) is 25.8. The number of hydrogen-bond donors (Lipinski definition) is 2. The van der Waals surface area contributed by atoms with E-state index >= 15 is 0 Å². The van der Waals surface area contributed by atoms with Crippen LogP contribution < -0.4 is 10.6 Å². The number of nitrogens with zero attached hydrogens (tertiary/aromatic N) is 1. The van der Waals surface area contributed by atoms with Gasteiger partial charge in [-0.05, 0) is 59.7 Å². The van der Waals surface area contributed by atoms with Gasteiger partial charge < -0.3 is 15.2 Å². The number of halogens is 2. The second kappa shape index (κ2) is 10.7. The van der Waals surface area contributed by atoms with Crippen LogP contribution in [0.5, 0.6) is 0 Å². The first-order chi connectivity index (χ1) is 18.0. The van der Waals surface area contributed by atoms with Crippen molar-refractivity contribution in [3.05, 3.63) is 136 Å². The Kier molecular flexibility index (Phi) is 7.01. The summed E-state index contributed by atoms with van der Waals surface area (Å²) in [6.45, 7) is 0.682. The van der Waals surface area contributed by atoms with E-state index in [1.165, 1.54) is 12.1 Å². The smallest absolute Gasteiger partial charge is 0.268 e. The molecule has 0 aliphatic heterocycles. The van der Waals surface area contributed by atoms with Crippen LogP contribution in [0.2, 0.25) is 5.02 Å². The van der Waals surface area contributed by atoms with Crippen LogP contribution in [0.25, 0.3) is 10.9 Å². The number of benzene rings is 4. The number of hydrogen-bond acceptors (Lipinski definition) is 2. The predicted octanol–water partition coefficient (Wildman–Crippen LogP) is 6.66. The molecule has 184 valence electrons. The molecule has 4 aromatic carbocycles. The summed E-state index contributed by atoms with van der Waals surface area (Å²) in [5, 5.41) is 6.96. The number of carbonyl (C=O) groups is 2. The summed E-state index contributed by atoms with van der Waals surface area (Å²) in [4.78, 5) is 26.0. The van der Waals surface area contributed by atoms with E-state index in [1.807, 2.05) is 47.0 Å². The Bertz CT molecular complexity index is 1600. The second-order valence-electron chi connectivity index (χ2n) is 8.62. The van der Waals surface area contributed by atoms with Crippen molar-refractivity contribution in [3.63, 3.8) is 0 Å². The average molecular weight is 512 g/mol. The first-order valence-corrected chi connectivity index (χ1v) is 12.1. The molecule has 0 saturated carbocycles. The van der Waals surface area contributed by atoms with Crippen LogP contribution in [0.1, 0.15) is 32.0 Å². The molecule has 0 radical (unpaired) electrons. The molecule has 1 aromatic heterocycles. The summed E-state index contributed by atoms with van der Waals surface area (Å²) in [6.07, 6.45) is 0. The van der Waals surface area contributed by atoms with Crippen LogP contribution in [0, 0.1) is 5.82 Å². The lowest BCUT2D eigenvalue weighted by atomic mass is 10.2. The zero-order valence-electron chi connectivity index (χ0n) is 19.7. The molecule has 5 rings (SSSR count). The lowest BCUT2D eigenvalue weighted by Crippen LogP contribution is -2.25. The summed E-state index contributed by atoms with van der Waals surface area (Å²) in [5.41, 5.74) is 3.86. The Labute approximate surface area is 218 Å². The zero-order valence-corrected chi connectivity index (χ0v) is 20.5. The molecule has 37 heavy (non-hydrogen) atoms. The number of anilines is 1. The van der Waals surface area contributed by atoms with Crippen LogP contribution >= 0.6 is 11.6 Å². The van der Waals surface area contributed by atoms with E-state index in [0.717, 1.165) is 22.0 Å². The largest absolute Gasteiger partial charge is 0.347 e. The minimum absolute atomic E-state index is 0.252. The maximum atomic E-state index is 13.9. The molecule has 5 aromatic rings. The number of nitrogens with one attached hydrogen (secondary N) is 2. The van der Waals surface area contributed by atoms with Crippen molar-refractivity contribution in [2.75, 3.05) is 5.32 Å². The van der Waals surface area contributed by atoms with Crippen LogP contribution in [0.4, 0.5) is 10.1 Å². The van der Waals surface area contributed by atoms with Gasteiger partial charge in [-0.3, -0.25) is 9.59 Å². The Morgan fingerprint density at radius 2 is 1.54 bits per heavy atom. The molecule has 7 heteroatoms. The molecule has 5 nitrogen and oxygen atoms in total. The minimum Gasteiger partial charge on any atom is -0.347 e. The van der Waals surface area contributed by atoms with Crippen LogP contribution in [-0.2, 0) is 13.1 Å². The van der Waals surface area contributed by atoms with Crippen molar-refractivity contribution in [2.45, 2.75) is 13.1 Å². The van der Waals surface area contributed by atoms with Gasteiger partial charge >= 0.3 is 0 Å². The molecule has 0 aliphatic rings. The molecule has 0 unspecified atom stereocenters. The number of aromatic nitrogens is 1. The highest BCUT2D eigenvalue weighted by Gasteiger charge is 2.17. The Morgan fingerprint density at radius 1 is 0.784 bits per heavy atom. The SMILES string of the molecule is O=C(Nc1ccc2c(c1)cc(C(=O)NCc1ccccc1)n2Cc1cccc(F)c1)c1ccccc1Cl. The summed E-state index contributed by atoms with van der Waals surface area (Å²) >= 11 is 6.17. The molecular weight excluding hydrogens is 489 g/mol. The van der Waals surface area contributed by atoms with E-state index in [2.05, 4.69) is 10.6 Å². The maximum absolute atomic E-state index is 13.9. The Hall–Kier alpha value is -4.42. The third kappa shape index (κ3) is 5.55. The Morgan fingerprint density at radius 3 is 2.32 bits per heavy atom. The average Bonchev–Trinajstić information content (AvgIpc) is 3.25. The predicted molar refractivity (Wildman–Crippen MR) is 144 cm³/mol. The van der Waals surface area contributed by atoms with Gasteiger partial charge in [0.25, 0.3) is 11.8 Å². The first kappa shape index (κ1) is 24.3. The summed E-state index contributed by atoms with van der Waals surface area (Å²) in [7, 11) is 0. The van der Waals surface area contributed by atoms with Crippen molar-refractivity contribution < 1.29 is 14.0 Å². The fourth-order valence-corrected chi connectivity index (χ4v) is 4.46. The van der Waals surface area contributed by atoms with Crippen molar-refractivity contribution in [1.29, 1.82) is 0 Å². The number of fused-ring (bicyclic) bond motifs is 1. The van der Waals surface area contributed by atoms with Crippen LogP contribution in [0.3, 0.4) is 0 Å². The monoisotopic (exact) mass is 511 g/mol. The van der Waals surface area contributed by atoms with Gasteiger partial charge in [0.05, 0.1) is 10.6 Å². The van der Waals surface area contributed by atoms with Crippen LogP contribution in [0.15, 0.2) is 103 Å². The van der Waals surface area contributed by atoms with Crippen molar-refractivity contribution in [3.8, 4) is 0 Å². The quantitative estimate of drug-likeness (QED) is 0.256. The van der Waals surface area contributed by atoms with Crippen molar-refractivity contribution in [2.24, 2.45) is 0 Å². The number of carbonyl (C=O) groups excluding carboxylic acids is 2. The number of amides is 2. The molecule has 0 aliphatic carbocycles. The molecule has 0 spiro atoms. The first-order valence-electron chi connectivity index (χ1n) is 11.7. The van der Waals surface area contributed by atoms with Gasteiger partial charge in [0.1, 0.15) is 11.5 Å². The molecule has 2 N–H and O–H groups in total. The molecule has 2 amide bonds. The lowest BCUT2D eigenvalue weighted by Gasteiger charge is -2.12. The van der Waals surface area contributed by atoms with Crippen molar-refractivity contribution in [1.82, 2.24) is 9.88 Å². The maximum Gasteiger partial charge on any atom is 0.268 e. The Balaban J connectivity index is 1.47. The van der Waals surface area contributed by atoms with E-state index in [0.29, 0.717) is 35.1 Å². The van der Waals surface area contributed by atoms with Gasteiger partial charge in [0.15, 0.2) is 0 Å².